The van der Waals surface area contributed by atoms with Gasteiger partial charge in [0.05, 0.1) is 6.10 Å². The van der Waals surface area contributed by atoms with Crippen molar-refractivity contribution in [3.63, 3.8) is 0 Å². The van der Waals surface area contributed by atoms with Crippen LogP contribution < -0.4 is 0 Å². The van der Waals surface area contributed by atoms with Gasteiger partial charge in [0.1, 0.15) is 5.78 Å². The van der Waals surface area contributed by atoms with Gasteiger partial charge >= 0.3 is 0 Å². The van der Waals surface area contributed by atoms with Crippen molar-refractivity contribution in [2.45, 2.75) is 51.6 Å². The maximum Gasteiger partial charge on any atom is 0.144 e. The third kappa shape index (κ3) is 2.23. The Morgan fingerprint density at radius 2 is 1.55 bits per heavy atom. The van der Waals surface area contributed by atoms with Crippen molar-refractivity contribution in [2.24, 2.45) is 29.1 Å². The lowest BCUT2D eigenvalue weighted by atomic mass is 9.47. The second kappa shape index (κ2) is 5.19. The van der Waals surface area contributed by atoms with Gasteiger partial charge in [0, 0.05) is 11.3 Å². The molecule has 2 nitrogen and oxygen atoms in total. The lowest BCUT2D eigenvalue weighted by Crippen LogP contribution is -2.51. The number of hydrogen-bond acceptors (Lipinski definition) is 2. The van der Waals surface area contributed by atoms with Gasteiger partial charge in [-0.05, 0) is 61.8 Å². The van der Waals surface area contributed by atoms with E-state index in [-0.39, 0.29) is 11.3 Å². The molecule has 0 spiro atoms. The molecule has 4 aliphatic rings. The van der Waals surface area contributed by atoms with Crippen LogP contribution in [0.1, 0.15) is 57.1 Å². The van der Waals surface area contributed by atoms with E-state index in [4.69, 9.17) is 0 Å². The normalized spacial score (nSPS) is 38.7. The number of rotatable bonds is 4. The molecule has 2 heteroatoms. The first-order valence-electron chi connectivity index (χ1n) is 8.85. The van der Waals surface area contributed by atoms with Gasteiger partial charge < -0.3 is 5.11 Å². The molecule has 4 aliphatic carbocycles. The second-order valence-corrected chi connectivity index (χ2v) is 8.21. The van der Waals surface area contributed by atoms with Crippen LogP contribution in [0, 0.1) is 29.1 Å². The van der Waals surface area contributed by atoms with Gasteiger partial charge in [0.25, 0.3) is 0 Å². The maximum absolute atomic E-state index is 13.3. The summed E-state index contributed by atoms with van der Waals surface area (Å²) in [6.45, 7) is 1.93. The predicted molar refractivity (Wildman–Crippen MR) is 86.2 cm³/mol. The predicted octanol–water partition coefficient (Wildman–Crippen LogP) is 4.14. The number of Topliss-reactive ketones (excluding diaryl/α,β-unsaturated/α-hetero) is 1. The molecule has 4 fully saturated rings. The third-order valence-electron chi connectivity index (χ3n) is 6.59. The van der Waals surface area contributed by atoms with Crippen molar-refractivity contribution in [1.29, 1.82) is 0 Å². The van der Waals surface area contributed by atoms with Gasteiger partial charge in [-0.25, -0.2) is 0 Å². The number of carbonyl (C=O) groups excluding carboxylic acids is 1. The number of hydrogen-bond donors (Lipinski definition) is 1. The molecule has 1 aromatic rings. The highest BCUT2D eigenvalue weighted by Gasteiger charge is 2.55. The first kappa shape index (κ1) is 14.4. The summed E-state index contributed by atoms with van der Waals surface area (Å²) in [6, 6.07) is 9.66. The van der Waals surface area contributed by atoms with Gasteiger partial charge in [-0.3, -0.25) is 4.79 Å². The van der Waals surface area contributed by atoms with Gasteiger partial charge in [-0.2, -0.15) is 0 Å². The molecule has 0 aromatic heterocycles. The van der Waals surface area contributed by atoms with E-state index in [1.54, 1.807) is 0 Å². The lowest BCUT2D eigenvalue weighted by molar-refractivity contribution is -0.151. The summed E-state index contributed by atoms with van der Waals surface area (Å²) >= 11 is 0. The number of benzene rings is 1. The van der Waals surface area contributed by atoms with E-state index in [1.165, 1.54) is 19.3 Å². The third-order valence-corrected chi connectivity index (χ3v) is 6.59. The number of carbonyl (C=O) groups is 1. The van der Waals surface area contributed by atoms with E-state index < -0.39 is 6.10 Å². The van der Waals surface area contributed by atoms with Crippen LogP contribution in [0.15, 0.2) is 30.3 Å². The van der Waals surface area contributed by atoms with Crippen LogP contribution in [-0.4, -0.2) is 10.9 Å². The smallest absolute Gasteiger partial charge is 0.144 e. The Kier molecular flexibility index (Phi) is 3.41. The summed E-state index contributed by atoms with van der Waals surface area (Å²) in [5.41, 5.74) is 0.761. The Labute approximate surface area is 132 Å². The Morgan fingerprint density at radius 3 is 2.05 bits per heavy atom. The lowest BCUT2D eigenvalue weighted by Gasteiger charge is -2.56. The van der Waals surface area contributed by atoms with E-state index in [9.17, 15) is 9.90 Å². The summed E-state index contributed by atoms with van der Waals surface area (Å²) in [6.07, 6.45) is 6.64. The molecule has 1 aromatic carbocycles. The fourth-order valence-electron chi connectivity index (χ4n) is 5.98. The molecule has 2 atom stereocenters. The minimum Gasteiger partial charge on any atom is -0.388 e. The minimum absolute atomic E-state index is 0.107. The number of ketones is 1. The molecule has 0 aliphatic heterocycles. The molecule has 0 unspecified atom stereocenters. The quantitative estimate of drug-likeness (QED) is 0.907. The Bertz CT molecular complexity index is 527. The molecule has 22 heavy (non-hydrogen) atoms. The number of aliphatic hydroxyl groups is 1. The fraction of sp³-hybridized carbons (Fsp3) is 0.650. The standard InChI is InChI=1S/C20H26O2/c1-13(18(21)17-5-3-2-4-6-17)19(22)20-10-14-7-15(11-20)9-16(8-14)12-20/h2-6,13-16,18,21H,7-12H2,1H3/t13-,14?,15?,16?,18+,20?/m1/s1. The Hall–Kier alpha value is -1.15. The molecule has 1 N–H and O–H groups in total. The fourth-order valence-corrected chi connectivity index (χ4v) is 5.98. The highest BCUT2D eigenvalue weighted by molar-refractivity contribution is 5.88. The van der Waals surface area contributed by atoms with Crippen molar-refractivity contribution in [3.05, 3.63) is 35.9 Å². The molecule has 0 saturated heterocycles. The first-order valence-corrected chi connectivity index (χ1v) is 8.85. The molecular weight excluding hydrogens is 272 g/mol. The van der Waals surface area contributed by atoms with Crippen LogP contribution in [-0.2, 0) is 4.79 Å². The molecule has 5 rings (SSSR count). The molecule has 0 heterocycles. The minimum atomic E-state index is -0.665. The highest BCUT2D eigenvalue weighted by atomic mass is 16.3. The van der Waals surface area contributed by atoms with Crippen LogP contribution >= 0.6 is 0 Å². The van der Waals surface area contributed by atoms with E-state index in [1.807, 2.05) is 37.3 Å². The van der Waals surface area contributed by atoms with Gasteiger partial charge in [-0.1, -0.05) is 37.3 Å². The maximum atomic E-state index is 13.3. The average Bonchev–Trinajstić information content (AvgIpc) is 2.52. The average molecular weight is 298 g/mol. The van der Waals surface area contributed by atoms with E-state index >= 15 is 0 Å². The molecule has 0 amide bonds. The summed E-state index contributed by atoms with van der Waals surface area (Å²) in [4.78, 5) is 13.3. The summed E-state index contributed by atoms with van der Waals surface area (Å²) < 4.78 is 0. The second-order valence-electron chi connectivity index (χ2n) is 8.21. The van der Waals surface area contributed by atoms with E-state index in [2.05, 4.69) is 0 Å². The van der Waals surface area contributed by atoms with Crippen molar-refractivity contribution in [3.8, 4) is 0 Å². The van der Waals surface area contributed by atoms with Gasteiger partial charge in [0.15, 0.2) is 0 Å². The van der Waals surface area contributed by atoms with Crippen LogP contribution in [0.3, 0.4) is 0 Å². The first-order chi connectivity index (χ1) is 10.6. The molecule has 118 valence electrons. The highest BCUT2D eigenvalue weighted by Crippen LogP contribution is 2.61. The zero-order valence-electron chi connectivity index (χ0n) is 13.4. The monoisotopic (exact) mass is 298 g/mol. The summed E-state index contributed by atoms with van der Waals surface area (Å²) in [7, 11) is 0. The topological polar surface area (TPSA) is 37.3 Å². The molecule has 0 radical (unpaired) electrons. The molecular formula is C20H26O2. The largest absolute Gasteiger partial charge is 0.388 e. The van der Waals surface area contributed by atoms with Crippen LogP contribution in [0.2, 0.25) is 0 Å². The van der Waals surface area contributed by atoms with Crippen LogP contribution in [0.4, 0.5) is 0 Å². The molecule has 4 bridgehead atoms. The van der Waals surface area contributed by atoms with Crippen molar-refractivity contribution < 1.29 is 9.90 Å². The van der Waals surface area contributed by atoms with Crippen molar-refractivity contribution in [2.75, 3.05) is 0 Å². The van der Waals surface area contributed by atoms with Gasteiger partial charge in [0.2, 0.25) is 0 Å². The summed E-state index contributed by atoms with van der Waals surface area (Å²) in [5.74, 6) is 2.37. The number of aliphatic hydroxyl groups excluding tert-OH is 1. The van der Waals surface area contributed by atoms with Crippen LogP contribution in [0.5, 0.6) is 0 Å². The van der Waals surface area contributed by atoms with Crippen molar-refractivity contribution in [1.82, 2.24) is 0 Å². The Balaban J connectivity index is 1.56. The SMILES string of the molecule is C[C@@H](C(=O)C12CC3CC(CC(C3)C1)C2)[C@H](O)c1ccccc1. The van der Waals surface area contributed by atoms with E-state index in [0.717, 1.165) is 42.6 Å². The van der Waals surface area contributed by atoms with Gasteiger partial charge in [-0.15, -0.1) is 0 Å². The van der Waals surface area contributed by atoms with Crippen molar-refractivity contribution >= 4 is 5.78 Å². The zero-order valence-corrected chi connectivity index (χ0v) is 13.4. The molecule has 4 saturated carbocycles. The summed E-state index contributed by atoms with van der Waals surface area (Å²) in [5, 5.41) is 10.6. The van der Waals surface area contributed by atoms with Crippen LogP contribution in [0.25, 0.3) is 0 Å². The van der Waals surface area contributed by atoms with E-state index in [0.29, 0.717) is 5.78 Å². The zero-order chi connectivity index (χ0) is 15.3. The Morgan fingerprint density at radius 1 is 1.05 bits per heavy atom.